The van der Waals surface area contributed by atoms with Crippen LogP contribution in [0, 0.1) is 24.0 Å². The molecule has 0 heterocycles. The molecule has 3 amide bonds. The van der Waals surface area contributed by atoms with Crippen molar-refractivity contribution in [1.29, 1.82) is 0 Å². The summed E-state index contributed by atoms with van der Waals surface area (Å²) in [7, 11) is 0. The van der Waals surface area contributed by atoms with E-state index in [4.69, 9.17) is 4.74 Å². The zero-order valence-corrected chi connectivity index (χ0v) is 16.8. The second kappa shape index (κ2) is 9.69. The summed E-state index contributed by atoms with van der Waals surface area (Å²) in [6.45, 7) is 3.02. The maximum absolute atomic E-state index is 12.0. The van der Waals surface area contributed by atoms with Crippen molar-refractivity contribution in [3.8, 4) is 0 Å². The van der Waals surface area contributed by atoms with E-state index >= 15 is 0 Å². The topological polar surface area (TPSA) is 128 Å². The Morgan fingerprint density at radius 3 is 2.48 bits per heavy atom. The van der Waals surface area contributed by atoms with Crippen molar-refractivity contribution in [2.45, 2.75) is 18.7 Å². The molecule has 2 aromatic rings. The monoisotopic (exact) mass is 417 g/mol. The lowest BCUT2D eigenvalue weighted by Gasteiger charge is -2.10. The minimum absolute atomic E-state index is 0.0676. The number of carbonyl (C=O) groups excluding carboxylic acids is 3. The van der Waals surface area contributed by atoms with Crippen LogP contribution < -0.4 is 10.6 Å². The van der Waals surface area contributed by atoms with Crippen LogP contribution in [0.2, 0.25) is 0 Å². The third kappa shape index (κ3) is 6.04. The summed E-state index contributed by atoms with van der Waals surface area (Å²) >= 11 is 1.17. The summed E-state index contributed by atoms with van der Waals surface area (Å²) in [5, 5.41) is 15.6. The highest BCUT2D eigenvalue weighted by Gasteiger charge is 2.19. The first-order valence-corrected chi connectivity index (χ1v) is 9.61. The molecule has 0 aliphatic carbocycles. The molecular weight excluding hydrogens is 398 g/mol. The number of aryl methyl sites for hydroxylation is 2. The lowest BCUT2D eigenvalue weighted by molar-refractivity contribution is -0.387. The van der Waals surface area contributed by atoms with Gasteiger partial charge in [-0.05, 0) is 43.9 Å². The molecule has 0 aliphatic heterocycles. The molecule has 2 rings (SSSR count). The lowest BCUT2D eigenvalue weighted by atomic mass is 10.1. The van der Waals surface area contributed by atoms with Crippen molar-refractivity contribution in [3.63, 3.8) is 0 Å². The number of hydrogen-bond acceptors (Lipinski definition) is 7. The number of hydrogen-bond donors (Lipinski definition) is 2. The molecule has 29 heavy (non-hydrogen) atoms. The van der Waals surface area contributed by atoms with Crippen molar-refractivity contribution in [2.75, 3.05) is 18.2 Å². The van der Waals surface area contributed by atoms with E-state index in [1.807, 2.05) is 31.3 Å². The van der Waals surface area contributed by atoms with Gasteiger partial charge in [-0.1, -0.05) is 17.7 Å². The highest BCUT2D eigenvalue weighted by atomic mass is 32.2. The molecule has 0 saturated heterocycles. The van der Waals surface area contributed by atoms with Crippen LogP contribution in [0.15, 0.2) is 41.3 Å². The zero-order chi connectivity index (χ0) is 21.6. The number of urea groups is 1. The number of nitrogens with one attached hydrogen (secondary N) is 2. The van der Waals surface area contributed by atoms with E-state index in [2.05, 4.69) is 5.32 Å². The summed E-state index contributed by atoms with van der Waals surface area (Å²) in [4.78, 5) is 46.6. The molecule has 2 N–H and O–H groups in total. The van der Waals surface area contributed by atoms with E-state index in [1.165, 1.54) is 23.9 Å². The predicted molar refractivity (Wildman–Crippen MR) is 108 cm³/mol. The Kier molecular flexibility index (Phi) is 7.32. The van der Waals surface area contributed by atoms with Crippen LogP contribution in [0.3, 0.4) is 0 Å². The average molecular weight is 417 g/mol. The molecule has 0 aliphatic rings. The summed E-state index contributed by atoms with van der Waals surface area (Å²) in [5.41, 5.74) is 2.10. The first kappa shape index (κ1) is 21.9. The Morgan fingerprint density at radius 2 is 1.86 bits per heavy atom. The molecular formula is C19H19N3O6S. The standard InChI is InChI=1S/C19H19N3O6S/c1-11-4-6-14(12(2)8-11)20-19(25)21-17(23)10-28-18(24)13-5-7-16(29-3)15(9-13)22(26)27/h4-9H,10H2,1-3H3,(H2,20,21,23,25). The van der Waals surface area contributed by atoms with Gasteiger partial charge in [0, 0.05) is 11.8 Å². The average Bonchev–Trinajstić information content (AvgIpc) is 2.67. The van der Waals surface area contributed by atoms with Crippen molar-refractivity contribution >= 4 is 41.0 Å². The van der Waals surface area contributed by atoms with Gasteiger partial charge in [-0.25, -0.2) is 9.59 Å². The number of anilines is 1. The number of thioether (sulfide) groups is 1. The SMILES string of the molecule is CSc1ccc(C(=O)OCC(=O)NC(=O)Nc2ccc(C)cc2C)cc1[N+](=O)[O-]. The van der Waals surface area contributed by atoms with Crippen LogP contribution in [0.5, 0.6) is 0 Å². The normalized spacial score (nSPS) is 10.2. The fourth-order valence-electron chi connectivity index (χ4n) is 2.44. The van der Waals surface area contributed by atoms with Gasteiger partial charge in [0.05, 0.1) is 15.4 Å². The van der Waals surface area contributed by atoms with Crippen molar-refractivity contribution in [1.82, 2.24) is 5.32 Å². The largest absolute Gasteiger partial charge is 0.452 e. The number of rotatable bonds is 6. The molecule has 0 aromatic heterocycles. The Hall–Kier alpha value is -3.40. The molecule has 10 heteroatoms. The summed E-state index contributed by atoms with van der Waals surface area (Å²) in [6, 6.07) is 8.51. The summed E-state index contributed by atoms with van der Waals surface area (Å²) in [6.07, 6.45) is 1.67. The van der Waals surface area contributed by atoms with Gasteiger partial charge >= 0.3 is 12.0 Å². The van der Waals surface area contributed by atoms with Gasteiger partial charge in [0.25, 0.3) is 11.6 Å². The van der Waals surface area contributed by atoms with Gasteiger partial charge in [-0.2, -0.15) is 0 Å². The Balaban J connectivity index is 1.91. The number of nitrogens with zero attached hydrogens (tertiary/aromatic N) is 1. The second-order valence-electron chi connectivity index (χ2n) is 6.04. The van der Waals surface area contributed by atoms with Crippen LogP contribution in [0.4, 0.5) is 16.2 Å². The Labute approximate surface area is 171 Å². The number of amides is 3. The van der Waals surface area contributed by atoms with Crippen LogP contribution in [-0.2, 0) is 9.53 Å². The van der Waals surface area contributed by atoms with Crippen molar-refractivity contribution < 1.29 is 24.0 Å². The quantitative estimate of drug-likeness (QED) is 0.319. The van der Waals surface area contributed by atoms with E-state index in [-0.39, 0.29) is 11.3 Å². The fourth-order valence-corrected chi connectivity index (χ4v) is 2.99. The van der Waals surface area contributed by atoms with E-state index in [9.17, 15) is 24.5 Å². The number of carbonyl (C=O) groups is 3. The summed E-state index contributed by atoms with van der Waals surface area (Å²) in [5.74, 6) is -1.75. The van der Waals surface area contributed by atoms with Gasteiger partial charge in [0.15, 0.2) is 6.61 Å². The van der Waals surface area contributed by atoms with E-state index < -0.39 is 29.4 Å². The van der Waals surface area contributed by atoms with E-state index in [1.54, 1.807) is 12.3 Å². The predicted octanol–water partition coefficient (Wildman–Crippen LogP) is 3.44. The number of imide groups is 1. The number of ether oxygens (including phenoxy) is 1. The number of benzene rings is 2. The second-order valence-corrected chi connectivity index (χ2v) is 6.89. The van der Waals surface area contributed by atoms with E-state index in [0.717, 1.165) is 17.2 Å². The Bertz CT molecular complexity index is 976. The number of nitro groups is 1. The molecule has 0 unspecified atom stereocenters. The molecule has 152 valence electrons. The van der Waals surface area contributed by atoms with Crippen molar-refractivity contribution in [2.24, 2.45) is 0 Å². The van der Waals surface area contributed by atoms with Gasteiger partial charge < -0.3 is 10.1 Å². The molecule has 0 radical (unpaired) electrons. The molecule has 0 fully saturated rings. The highest BCUT2D eigenvalue weighted by Crippen LogP contribution is 2.28. The fraction of sp³-hybridized carbons (Fsp3) is 0.211. The molecule has 0 bridgehead atoms. The van der Waals surface area contributed by atoms with Crippen LogP contribution in [0.1, 0.15) is 21.5 Å². The number of esters is 1. The van der Waals surface area contributed by atoms with Gasteiger partial charge in [0.1, 0.15) is 0 Å². The minimum Gasteiger partial charge on any atom is -0.452 e. The number of nitro benzene ring substituents is 1. The highest BCUT2D eigenvalue weighted by molar-refractivity contribution is 7.98. The molecule has 0 spiro atoms. The van der Waals surface area contributed by atoms with Gasteiger partial charge in [-0.15, -0.1) is 11.8 Å². The molecule has 9 nitrogen and oxygen atoms in total. The maximum Gasteiger partial charge on any atom is 0.338 e. The maximum atomic E-state index is 12.0. The Morgan fingerprint density at radius 1 is 1.14 bits per heavy atom. The van der Waals surface area contributed by atoms with Crippen LogP contribution in [-0.4, -0.2) is 35.7 Å². The third-order valence-electron chi connectivity index (χ3n) is 3.83. The minimum atomic E-state index is -0.911. The molecule has 2 aromatic carbocycles. The lowest BCUT2D eigenvalue weighted by Crippen LogP contribution is -2.37. The smallest absolute Gasteiger partial charge is 0.338 e. The first-order valence-electron chi connectivity index (χ1n) is 8.39. The summed E-state index contributed by atoms with van der Waals surface area (Å²) < 4.78 is 4.83. The van der Waals surface area contributed by atoms with Crippen LogP contribution >= 0.6 is 11.8 Å². The van der Waals surface area contributed by atoms with Crippen LogP contribution in [0.25, 0.3) is 0 Å². The molecule has 0 saturated carbocycles. The van der Waals surface area contributed by atoms with Gasteiger partial charge in [-0.3, -0.25) is 20.2 Å². The van der Waals surface area contributed by atoms with Crippen molar-refractivity contribution in [3.05, 3.63) is 63.2 Å². The van der Waals surface area contributed by atoms with E-state index in [0.29, 0.717) is 10.6 Å². The van der Waals surface area contributed by atoms with Gasteiger partial charge in [0.2, 0.25) is 0 Å². The molecule has 0 atom stereocenters. The first-order chi connectivity index (χ1) is 13.7. The third-order valence-corrected chi connectivity index (χ3v) is 4.61. The zero-order valence-electron chi connectivity index (χ0n) is 16.0.